The van der Waals surface area contributed by atoms with Crippen molar-refractivity contribution in [3.8, 4) is 5.75 Å². The first-order valence-electron chi connectivity index (χ1n) is 9.08. The van der Waals surface area contributed by atoms with Crippen LogP contribution in [0.5, 0.6) is 5.75 Å². The molecule has 0 heterocycles. The van der Waals surface area contributed by atoms with Gasteiger partial charge in [-0.05, 0) is 23.3 Å². The zero-order valence-electron chi connectivity index (χ0n) is 15.5. The fourth-order valence-corrected chi connectivity index (χ4v) is 2.85. The van der Waals surface area contributed by atoms with E-state index in [1.165, 1.54) is 24.3 Å². The summed E-state index contributed by atoms with van der Waals surface area (Å²) in [5.41, 5.74) is 1.36. The Labute approximate surface area is 167 Å². The maximum absolute atomic E-state index is 13.5. The van der Waals surface area contributed by atoms with E-state index in [-0.39, 0.29) is 24.5 Å². The summed E-state index contributed by atoms with van der Waals surface area (Å²) in [6.07, 6.45) is -4.44. The lowest BCUT2D eigenvalue weighted by atomic mass is 10.1. The van der Waals surface area contributed by atoms with Gasteiger partial charge in [-0.1, -0.05) is 72.8 Å². The monoisotopic (exact) mass is 399 g/mol. The Kier molecular flexibility index (Phi) is 6.67. The molecule has 3 aromatic carbocycles. The molecule has 0 aliphatic rings. The third-order valence-electron chi connectivity index (χ3n) is 4.36. The number of nitrogens with one attached hydrogen (secondary N) is 1. The molecule has 3 rings (SSSR count). The summed E-state index contributed by atoms with van der Waals surface area (Å²) in [4.78, 5) is 12.1. The highest BCUT2D eigenvalue weighted by molar-refractivity contribution is 5.97. The highest BCUT2D eigenvalue weighted by Crippen LogP contribution is 2.33. The van der Waals surface area contributed by atoms with Crippen molar-refractivity contribution < 1.29 is 22.7 Å². The minimum atomic E-state index is -4.44. The van der Waals surface area contributed by atoms with Gasteiger partial charge in [0.05, 0.1) is 0 Å². The first-order chi connectivity index (χ1) is 13.9. The molecule has 29 heavy (non-hydrogen) atoms. The Morgan fingerprint density at radius 2 is 1.45 bits per heavy atom. The standard InChI is InChI=1S/C23H20F3NO2/c24-23(25,26)22(27-15-17-7-3-1-4-8-17)19-11-13-20(14-12-19)29-16-21(28)18-9-5-2-6-10-18/h1-14,22,27H,15-16H2. The van der Waals surface area contributed by atoms with Crippen LogP contribution in [0.3, 0.4) is 0 Å². The molecule has 3 aromatic rings. The number of carbonyl (C=O) groups excluding carboxylic acids is 1. The molecule has 0 fully saturated rings. The third-order valence-corrected chi connectivity index (χ3v) is 4.36. The van der Waals surface area contributed by atoms with E-state index in [1.807, 2.05) is 6.07 Å². The van der Waals surface area contributed by atoms with Gasteiger partial charge in [-0.15, -0.1) is 0 Å². The highest BCUT2D eigenvalue weighted by atomic mass is 19.4. The highest BCUT2D eigenvalue weighted by Gasteiger charge is 2.40. The maximum atomic E-state index is 13.5. The fraction of sp³-hybridized carbons (Fsp3) is 0.174. The molecule has 0 amide bonds. The van der Waals surface area contributed by atoms with Crippen molar-refractivity contribution in [2.24, 2.45) is 0 Å². The molecule has 1 unspecified atom stereocenters. The van der Waals surface area contributed by atoms with E-state index in [2.05, 4.69) is 5.32 Å². The molecule has 1 atom stereocenters. The van der Waals surface area contributed by atoms with Crippen molar-refractivity contribution in [3.05, 3.63) is 102 Å². The topological polar surface area (TPSA) is 38.3 Å². The van der Waals surface area contributed by atoms with Crippen molar-refractivity contribution in [1.82, 2.24) is 5.32 Å². The van der Waals surface area contributed by atoms with E-state index in [4.69, 9.17) is 4.74 Å². The van der Waals surface area contributed by atoms with Gasteiger partial charge in [0, 0.05) is 12.1 Å². The lowest BCUT2D eigenvalue weighted by Crippen LogP contribution is -2.33. The molecule has 150 valence electrons. The van der Waals surface area contributed by atoms with Crippen LogP contribution in [0, 0.1) is 0 Å². The summed E-state index contributed by atoms with van der Waals surface area (Å²) in [7, 11) is 0. The predicted molar refractivity (Wildman–Crippen MR) is 105 cm³/mol. The predicted octanol–water partition coefficient (Wildman–Crippen LogP) is 5.34. The van der Waals surface area contributed by atoms with Crippen LogP contribution in [0.15, 0.2) is 84.9 Å². The number of Topliss-reactive ketones (excluding diaryl/α,β-unsaturated/α-hetero) is 1. The van der Waals surface area contributed by atoms with E-state index in [0.717, 1.165) is 5.56 Å². The van der Waals surface area contributed by atoms with E-state index in [1.54, 1.807) is 54.6 Å². The molecule has 6 heteroatoms. The molecule has 0 bridgehead atoms. The smallest absolute Gasteiger partial charge is 0.407 e. The molecule has 0 saturated carbocycles. The van der Waals surface area contributed by atoms with Crippen LogP contribution in [0.1, 0.15) is 27.5 Å². The van der Waals surface area contributed by atoms with Crippen LogP contribution in [-0.4, -0.2) is 18.6 Å². The summed E-state index contributed by atoms with van der Waals surface area (Å²) in [6, 6.07) is 21.4. The number of ether oxygens (including phenoxy) is 1. The fourth-order valence-electron chi connectivity index (χ4n) is 2.85. The Hall–Kier alpha value is -3.12. The second-order valence-electron chi connectivity index (χ2n) is 6.49. The van der Waals surface area contributed by atoms with Crippen molar-refractivity contribution in [2.75, 3.05) is 6.61 Å². The van der Waals surface area contributed by atoms with Gasteiger partial charge >= 0.3 is 6.18 Å². The second kappa shape index (κ2) is 9.39. The van der Waals surface area contributed by atoms with Crippen molar-refractivity contribution in [2.45, 2.75) is 18.8 Å². The number of rotatable bonds is 8. The van der Waals surface area contributed by atoms with Crippen LogP contribution >= 0.6 is 0 Å². The van der Waals surface area contributed by atoms with E-state index >= 15 is 0 Å². The molecule has 0 aromatic heterocycles. The van der Waals surface area contributed by atoms with Crippen molar-refractivity contribution in [1.29, 1.82) is 0 Å². The van der Waals surface area contributed by atoms with Gasteiger partial charge in [-0.2, -0.15) is 13.2 Å². The summed E-state index contributed by atoms with van der Waals surface area (Å²) < 4.78 is 46.0. The Balaban J connectivity index is 1.63. The van der Waals surface area contributed by atoms with Gasteiger partial charge in [-0.25, -0.2) is 0 Å². The minimum Gasteiger partial charge on any atom is -0.485 e. The zero-order valence-corrected chi connectivity index (χ0v) is 15.5. The van der Waals surface area contributed by atoms with Crippen LogP contribution in [0.25, 0.3) is 0 Å². The molecule has 0 saturated heterocycles. The summed E-state index contributed by atoms with van der Waals surface area (Å²) >= 11 is 0. The van der Waals surface area contributed by atoms with Crippen molar-refractivity contribution >= 4 is 5.78 Å². The van der Waals surface area contributed by atoms with Crippen LogP contribution in [-0.2, 0) is 6.54 Å². The van der Waals surface area contributed by atoms with Gasteiger partial charge in [0.25, 0.3) is 0 Å². The van der Waals surface area contributed by atoms with Gasteiger partial charge in [0.1, 0.15) is 11.8 Å². The molecule has 0 radical (unpaired) electrons. The molecular formula is C23H20F3NO2. The molecule has 1 N–H and O–H groups in total. The van der Waals surface area contributed by atoms with E-state index in [9.17, 15) is 18.0 Å². The summed E-state index contributed by atoms with van der Waals surface area (Å²) in [6.45, 7) is -0.0901. The average molecular weight is 399 g/mol. The van der Waals surface area contributed by atoms with Gasteiger partial charge < -0.3 is 4.74 Å². The maximum Gasteiger partial charge on any atom is 0.407 e. The first kappa shape index (κ1) is 20.6. The average Bonchev–Trinajstić information content (AvgIpc) is 2.73. The largest absolute Gasteiger partial charge is 0.485 e. The number of alkyl halides is 3. The lowest BCUT2D eigenvalue weighted by molar-refractivity contribution is -0.158. The number of hydrogen-bond donors (Lipinski definition) is 1. The van der Waals surface area contributed by atoms with Crippen LogP contribution < -0.4 is 10.1 Å². The Morgan fingerprint density at radius 3 is 2.03 bits per heavy atom. The van der Waals surface area contributed by atoms with Gasteiger partial charge in [0.2, 0.25) is 0 Å². The number of benzene rings is 3. The quantitative estimate of drug-likeness (QED) is 0.520. The van der Waals surface area contributed by atoms with Crippen LogP contribution in [0.4, 0.5) is 13.2 Å². The number of halogens is 3. The zero-order chi connectivity index (χ0) is 20.7. The SMILES string of the molecule is O=C(COc1ccc(C(NCc2ccccc2)C(F)(F)F)cc1)c1ccccc1. The van der Waals surface area contributed by atoms with Crippen molar-refractivity contribution in [3.63, 3.8) is 0 Å². The number of ketones is 1. The summed E-state index contributed by atoms with van der Waals surface area (Å²) in [5.74, 6) is 0.134. The Morgan fingerprint density at radius 1 is 0.862 bits per heavy atom. The van der Waals surface area contributed by atoms with Gasteiger partial charge in [0.15, 0.2) is 12.4 Å². The lowest BCUT2D eigenvalue weighted by Gasteiger charge is -2.22. The number of hydrogen-bond acceptors (Lipinski definition) is 3. The molecule has 3 nitrogen and oxygen atoms in total. The first-order valence-corrected chi connectivity index (χ1v) is 9.08. The van der Waals surface area contributed by atoms with Gasteiger partial charge in [-0.3, -0.25) is 10.1 Å². The molecule has 0 aliphatic heterocycles. The van der Waals surface area contributed by atoms with E-state index < -0.39 is 12.2 Å². The minimum absolute atomic E-state index is 0.0789. The van der Waals surface area contributed by atoms with E-state index in [0.29, 0.717) is 11.3 Å². The normalized spacial score (nSPS) is 12.4. The third kappa shape index (κ3) is 5.93. The second-order valence-corrected chi connectivity index (χ2v) is 6.49. The molecule has 0 spiro atoms. The molecular weight excluding hydrogens is 379 g/mol. The number of carbonyl (C=O) groups is 1. The Bertz CT molecular complexity index is 910. The summed E-state index contributed by atoms with van der Waals surface area (Å²) in [5, 5.41) is 2.56. The molecule has 0 aliphatic carbocycles. The van der Waals surface area contributed by atoms with Crippen LogP contribution in [0.2, 0.25) is 0 Å².